The average Bonchev–Trinajstić information content (AvgIpc) is 2.51. The van der Waals surface area contributed by atoms with Gasteiger partial charge in [-0.3, -0.25) is 0 Å². The van der Waals surface area contributed by atoms with Crippen LogP contribution in [-0.4, -0.2) is 34.0 Å². The molecule has 0 N–H and O–H groups in total. The number of carboxylic acid groups (broad SMARTS) is 2. The van der Waals surface area contributed by atoms with Crippen molar-refractivity contribution in [2.24, 2.45) is 0 Å². The molecule has 0 heterocycles. The Kier molecular flexibility index (Phi) is 27.2. The molecule has 0 aromatic carbocycles. The minimum absolute atomic E-state index is 0. The van der Waals surface area contributed by atoms with Crippen LogP contribution in [0.2, 0.25) is 0 Å². The summed E-state index contributed by atoms with van der Waals surface area (Å²) >= 11 is 9.19. The average molecular weight is 481 g/mol. The molecule has 0 spiro atoms. The first-order valence-electron chi connectivity index (χ1n) is 7.07. The smallest absolute Gasteiger partial charge is 0.550 e. The van der Waals surface area contributed by atoms with Gasteiger partial charge in [0.25, 0.3) is 0 Å². The Hall–Kier alpha value is 0.813. The van der Waals surface area contributed by atoms with Crippen LogP contribution in [0.1, 0.15) is 39.5 Å². The third kappa shape index (κ3) is 24.9. The van der Waals surface area contributed by atoms with E-state index in [4.69, 9.17) is 0 Å². The van der Waals surface area contributed by atoms with Gasteiger partial charge in [0, 0.05) is 35.9 Å². The quantitative estimate of drug-likeness (QED) is 0.143. The van der Waals surface area contributed by atoms with E-state index in [0.29, 0.717) is 0 Å². The maximum atomic E-state index is 10.8. The van der Waals surface area contributed by atoms with Crippen LogP contribution in [0.25, 0.3) is 0 Å². The summed E-state index contributed by atoms with van der Waals surface area (Å²) < 4.78 is 9.13. The third-order valence-electron chi connectivity index (χ3n) is 2.18. The Morgan fingerprint density at radius 2 is 0.964 bits per heavy atom. The number of esters is 2. The predicted molar refractivity (Wildman–Crippen MR) is 95.5 cm³/mol. The number of hydrogen-bond acceptors (Lipinski definition) is 10. The fraction of sp³-hybridized carbons (Fsp3) is 0.375. The molecule has 0 rings (SSSR count). The zero-order valence-electron chi connectivity index (χ0n) is 16.3. The van der Waals surface area contributed by atoms with Crippen LogP contribution in [-0.2, 0) is 28.7 Å². The van der Waals surface area contributed by atoms with Crippen LogP contribution in [0.15, 0.2) is 24.3 Å². The molecule has 0 aliphatic heterocycles. The molecule has 0 radical (unpaired) electrons. The number of aliphatic carboxylic acids is 2. The molecule has 0 saturated heterocycles. The largest absolute Gasteiger partial charge is 1.00 e. The molecule has 0 bridgehead atoms. The van der Waals surface area contributed by atoms with E-state index in [1.54, 1.807) is 0 Å². The Balaban J connectivity index is -0.000000192. The summed E-state index contributed by atoms with van der Waals surface area (Å²) in [4.78, 5) is 41.6. The zero-order valence-corrected chi connectivity index (χ0v) is 24.2. The molecule has 0 unspecified atom stereocenters. The Morgan fingerprint density at radius 1 is 0.714 bits per heavy atom. The Labute approximate surface area is 259 Å². The van der Waals surface area contributed by atoms with Crippen LogP contribution in [0.3, 0.4) is 0 Å². The second-order valence-corrected chi connectivity index (χ2v) is 5.74. The van der Waals surface area contributed by atoms with Crippen molar-refractivity contribution in [3.8, 4) is 0 Å². The molecular weight excluding hydrogens is 462 g/mol. The van der Waals surface area contributed by atoms with Gasteiger partial charge in [0.1, 0.15) is 0 Å². The zero-order chi connectivity index (χ0) is 20.9. The van der Waals surface area contributed by atoms with Crippen molar-refractivity contribution in [2.45, 2.75) is 39.5 Å². The van der Waals surface area contributed by atoms with Gasteiger partial charge in [0.2, 0.25) is 0 Å². The third-order valence-corrected chi connectivity index (χ3v) is 2.75. The monoisotopic (exact) mass is 480 g/mol. The van der Waals surface area contributed by atoms with Gasteiger partial charge in [-0.15, -0.1) is 0 Å². The minimum atomic E-state index is -1.23. The standard InChI is InChI=1S/2C8H10O4S.2K/c2*1-5(2)8(11)12-7(13)4-3-6(9)10;;/h2*1,3-4H2,2H3,(H,9,10);;/q;;2*+1/p-2. The molecule has 0 aliphatic rings. The van der Waals surface area contributed by atoms with Crippen LogP contribution >= 0.6 is 24.4 Å². The fourth-order valence-electron chi connectivity index (χ4n) is 0.891. The molecule has 8 nitrogen and oxygen atoms in total. The number of ether oxygens (including phenoxy) is 2. The normalized spacial score (nSPS) is 8.36. The number of thiocarbonyl (C=S) groups is 2. The van der Waals surface area contributed by atoms with Crippen molar-refractivity contribution >= 4 is 58.4 Å². The van der Waals surface area contributed by atoms with Crippen LogP contribution in [0.4, 0.5) is 0 Å². The SMILES string of the molecule is C=C(C)C(=O)OC(=S)CCC(=O)[O-].C=C(C)C(=O)OC(=S)CCC(=O)[O-].[K+].[K+]. The molecule has 0 fully saturated rings. The molecule has 0 aliphatic carbocycles. The van der Waals surface area contributed by atoms with Gasteiger partial charge < -0.3 is 29.3 Å². The maximum Gasteiger partial charge on any atom is 1.00 e. The van der Waals surface area contributed by atoms with E-state index in [1.165, 1.54) is 13.8 Å². The van der Waals surface area contributed by atoms with E-state index in [1.807, 2.05) is 0 Å². The minimum Gasteiger partial charge on any atom is -0.550 e. The molecule has 144 valence electrons. The number of carboxylic acids is 2. The van der Waals surface area contributed by atoms with Gasteiger partial charge in [-0.05, 0) is 51.1 Å². The first-order valence-corrected chi connectivity index (χ1v) is 7.89. The molecular formula is C16H18K2O8S2. The molecule has 0 aromatic rings. The Morgan fingerprint density at radius 3 is 1.14 bits per heavy atom. The molecule has 0 saturated carbocycles. The van der Waals surface area contributed by atoms with Crippen molar-refractivity contribution in [1.82, 2.24) is 0 Å². The topological polar surface area (TPSA) is 133 Å². The molecule has 28 heavy (non-hydrogen) atoms. The van der Waals surface area contributed by atoms with E-state index in [-0.39, 0.29) is 150 Å². The second kappa shape index (κ2) is 21.1. The predicted octanol–water partition coefficient (Wildman–Crippen LogP) is -6.07. The summed E-state index contributed by atoms with van der Waals surface area (Å²) in [6.45, 7) is 9.63. The summed E-state index contributed by atoms with van der Waals surface area (Å²) in [6, 6.07) is 0. The summed E-state index contributed by atoms with van der Waals surface area (Å²) in [7, 11) is 0. The number of rotatable bonds is 8. The van der Waals surface area contributed by atoms with Gasteiger partial charge in [-0.2, -0.15) is 0 Å². The second-order valence-electron chi connectivity index (χ2n) is 4.83. The van der Waals surface area contributed by atoms with Gasteiger partial charge in [0.15, 0.2) is 10.1 Å². The van der Waals surface area contributed by atoms with Gasteiger partial charge in [-0.1, -0.05) is 13.2 Å². The van der Waals surface area contributed by atoms with E-state index in [9.17, 15) is 29.4 Å². The van der Waals surface area contributed by atoms with Crippen molar-refractivity contribution in [1.29, 1.82) is 0 Å². The molecule has 0 amide bonds. The van der Waals surface area contributed by atoms with Gasteiger partial charge in [-0.25, -0.2) is 9.59 Å². The summed E-state index contributed by atoms with van der Waals surface area (Å²) in [5.41, 5.74) is 0.437. The summed E-state index contributed by atoms with van der Waals surface area (Å²) in [5.74, 6) is -3.73. The van der Waals surface area contributed by atoms with E-state index >= 15 is 0 Å². The number of carbonyl (C=O) groups excluding carboxylic acids is 4. The Bertz CT molecular complexity index is 578. The molecule has 0 atom stereocenters. The van der Waals surface area contributed by atoms with Crippen molar-refractivity contribution in [3.63, 3.8) is 0 Å². The van der Waals surface area contributed by atoms with E-state index < -0.39 is 23.9 Å². The number of carbonyl (C=O) groups is 4. The molecule has 12 heteroatoms. The molecule has 0 aromatic heterocycles. The summed E-state index contributed by atoms with van der Waals surface area (Å²) in [6.07, 6.45) is -0.502. The first kappa shape index (κ1) is 36.2. The van der Waals surface area contributed by atoms with Gasteiger partial charge in [0.05, 0.1) is 0 Å². The van der Waals surface area contributed by atoms with E-state index in [0.717, 1.165) is 0 Å². The fourth-order valence-corrected chi connectivity index (χ4v) is 1.25. The van der Waals surface area contributed by atoms with Crippen LogP contribution in [0.5, 0.6) is 0 Å². The van der Waals surface area contributed by atoms with E-state index in [2.05, 4.69) is 47.1 Å². The van der Waals surface area contributed by atoms with Gasteiger partial charge >= 0.3 is 115 Å². The summed E-state index contributed by atoms with van der Waals surface area (Å²) in [5, 5.41) is 19.9. The number of hydrogen-bond donors (Lipinski definition) is 0. The van der Waals surface area contributed by atoms with Crippen LogP contribution in [0, 0.1) is 0 Å². The van der Waals surface area contributed by atoms with Crippen molar-refractivity contribution in [3.05, 3.63) is 24.3 Å². The first-order chi connectivity index (χ1) is 11.9. The van der Waals surface area contributed by atoms with Crippen molar-refractivity contribution in [2.75, 3.05) is 0 Å². The van der Waals surface area contributed by atoms with Crippen molar-refractivity contribution < 1.29 is 142 Å². The maximum absolute atomic E-state index is 10.8. The van der Waals surface area contributed by atoms with Crippen LogP contribution < -0.4 is 113 Å².